The molecule has 0 aliphatic rings. The summed E-state index contributed by atoms with van der Waals surface area (Å²) in [6.45, 7) is 0.656. The summed E-state index contributed by atoms with van der Waals surface area (Å²) in [5.41, 5.74) is 10.4. The number of benzene rings is 1. The quantitative estimate of drug-likeness (QED) is 0.721. The minimum atomic E-state index is 0.656. The zero-order valence-corrected chi connectivity index (χ0v) is 12.3. The summed E-state index contributed by atoms with van der Waals surface area (Å²) in [7, 11) is 0. The van der Waals surface area contributed by atoms with E-state index in [9.17, 15) is 0 Å². The Balaban J connectivity index is 1.90. The van der Waals surface area contributed by atoms with E-state index in [0.717, 1.165) is 32.4 Å². The first-order valence-electron chi connectivity index (χ1n) is 6.21. The van der Waals surface area contributed by atoms with Gasteiger partial charge in [0, 0.05) is 29.1 Å². The van der Waals surface area contributed by atoms with Crippen LogP contribution in [0.25, 0.3) is 11.0 Å². The number of rotatable bonds is 3. The standard InChI is InChI=1S/C15H13BrN4/c16-11-7-14-15(20-9-11)13(5-6-18-14)19-8-10-3-1-2-4-12(10)17/h1-7,9H,8,17H2,(H,18,19). The molecular formula is C15H13BrN4. The molecular weight excluding hydrogens is 316 g/mol. The SMILES string of the molecule is Nc1ccccc1CNc1ccnc2cc(Br)cnc12. The van der Waals surface area contributed by atoms with Crippen LogP contribution >= 0.6 is 15.9 Å². The number of hydrogen-bond acceptors (Lipinski definition) is 4. The van der Waals surface area contributed by atoms with Gasteiger partial charge in [-0.1, -0.05) is 18.2 Å². The Hall–Kier alpha value is -2.14. The van der Waals surface area contributed by atoms with Crippen molar-refractivity contribution >= 4 is 38.3 Å². The number of aromatic nitrogens is 2. The molecule has 0 bridgehead atoms. The number of fused-ring (bicyclic) bond motifs is 1. The third-order valence-electron chi connectivity index (χ3n) is 3.07. The number of nitrogens with two attached hydrogens (primary N) is 1. The number of nitrogens with zero attached hydrogens (tertiary/aromatic N) is 2. The number of halogens is 1. The molecule has 0 amide bonds. The topological polar surface area (TPSA) is 63.8 Å². The number of hydrogen-bond donors (Lipinski definition) is 2. The summed E-state index contributed by atoms with van der Waals surface area (Å²) in [5.74, 6) is 0. The summed E-state index contributed by atoms with van der Waals surface area (Å²) in [5, 5.41) is 3.37. The molecule has 3 rings (SSSR count). The van der Waals surface area contributed by atoms with Crippen LogP contribution < -0.4 is 11.1 Å². The smallest absolute Gasteiger partial charge is 0.112 e. The summed E-state index contributed by atoms with van der Waals surface area (Å²) >= 11 is 3.40. The number of anilines is 2. The lowest BCUT2D eigenvalue weighted by atomic mass is 10.2. The molecule has 20 heavy (non-hydrogen) atoms. The summed E-state index contributed by atoms with van der Waals surface area (Å²) in [4.78, 5) is 8.73. The molecule has 0 saturated carbocycles. The van der Waals surface area contributed by atoms with Crippen molar-refractivity contribution < 1.29 is 0 Å². The maximum Gasteiger partial charge on any atom is 0.112 e. The van der Waals surface area contributed by atoms with Crippen LogP contribution in [-0.4, -0.2) is 9.97 Å². The van der Waals surface area contributed by atoms with Crippen molar-refractivity contribution in [2.45, 2.75) is 6.54 Å². The average Bonchev–Trinajstić information content (AvgIpc) is 2.46. The van der Waals surface area contributed by atoms with Gasteiger partial charge in [0.25, 0.3) is 0 Å². The molecule has 0 unspecified atom stereocenters. The van der Waals surface area contributed by atoms with E-state index in [4.69, 9.17) is 5.73 Å². The second-order valence-electron chi connectivity index (χ2n) is 4.43. The van der Waals surface area contributed by atoms with E-state index in [0.29, 0.717) is 6.54 Å². The van der Waals surface area contributed by atoms with E-state index in [1.54, 1.807) is 12.4 Å². The molecule has 0 aliphatic carbocycles. The molecule has 3 aromatic rings. The number of para-hydroxylation sites is 1. The highest BCUT2D eigenvalue weighted by molar-refractivity contribution is 9.10. The maximum atomic E-state index is 5.94. The van der Waals surface area contributed by atoms with Gasteiger partial charge in [-0.2, -0.15) is 0 Å². The van der Waals surface area contributed by atoms with Gasteiger partial charge in [-0.15, -0.1) is 0 Å². The lowest BCUT2D eigenvalue weighted by Crippen LogP contribution is -2.03. The molecule has 2 heterocycles. The first-order valence-corrected chi connectivity index (χ1v) is 7.01. The van der Waals surface area contributed by atoms with Crippen molar-refractivity contribution in [1.29, 1.82) is 0 Å². The van der Waals surface area contributed by atoms with E-state index in [-0.39, 0.29) is 0 Å². The van der Waals surface area contributed by atoms with Gasteiger partial charge in [-0.3, -0.25) is 9.97 Å². The van der Waals surface area contributed by atoms with Crippen LogP contribution in [0.15, 0.2) is 53.3 Å². The van der Waals surface area contributed by atoms with E-state index in [1.165, 1.54) is 0 Å². The van der Waals surface area contributed by atoms with Crippen LogP contribution in [0.3, 0.4) is 0 Å². The summed E-state index contributed by atoms with van der Waals surface area (Å²) < 4.78 is 0.918. The van der Waals surface area contributed by atoms with E-state index in [2.05, 4.69) is 31.2 Å². The Kier molecular flexibility index (Phi) is 3.52. The third-order valence-corrected chi connectivity index (χ3v) is 3.50. The zero-order chi connectivity index (χ0) is 13.9. The Bertz CT molecular complexity index is 758. The highest BCUT2D eigenvalue weighted by Gasteiger charge is 2.04. The monoisotopic (exact) mass is 328 g/mol. The third kappa shape index (κ3) is 2.58. The normalized spacial score (nSPS) is 10.7. The lowest BCUT2D eigenvalue weighted by Gasteiger charge is -2.10. The van der Waals surface area contributed by atoms with Gasteiger partial charge in [-0.25, -0.2) is 0 Å². The Morgan fingerprint density at radius 2 is 2.00 bits per heavy atom. The fourth-order valence-electron chi connectivity index (χ4n) is 2.03. The summed E-state index contributed by atoms with van der Waals surface area (Å²) in [6.07, 6.45) is 3.54. The van der Waals surface area contributed by atoms with Crippen molar-refractivity contribution in [3.63, 3.8) is 0 Å². The fraction of sp³-hybridized carbons (Fsp3) is 0.0667. The van der Waals surface area contributed by atoms with Crippen LogP contribution in [0.4, 0.5) is 11.4 Å². The molecule has 0 fully saturated rings. The molecule has 0 spiro atoms. The van der Waals surface area contributed by atoms with E-state index in [1.807, 2.05) is 36.4 Å². The highest BCUT2D eigenvalue weighted by Crippen LogP contribution is 2.23. The predicted octanol–water partition coefficient (Wildman–Crippen LogP) is 3.59. The molecule has 0 aliphatic heterocycles. The summed E-state index contributed by atoms with van der Waals surface area (Å²) in [6, 6.07) is 11.7. The second-order valence-corrected chi connectivity index (χ2v) is 5.35. The van der Waals surface area contributed by atoms with Crippen molar-refractivity contribution in [1.82, 2.24) is 9.97 Å². The molecule has 0 atom stereocenters. The maximum absolute atomic E-state index is 5.94. The molecule has 0 radical (unpaired) electrons. The van der Waals surface area contributed by atoms with Gasteiger partial charge in [-0.05, 0) is 39.7 Å². The highest BCUT2D eigenvalue weighted by atomic mass is 79.9. The number of pyridine rings is 2. The Morgan fingerprint density at radius 3 is 2.85 bits per heavy atom. The average molecular weight is 329 g/mol. The van der Waals surface area contributed by atoms with Crippen molar-refractivity contribution in [2.75, 3.05) is 11.1 Å². The van der Waals surface area contributed by atoms with Crippen molar-refractivity contribution in [3.05, 3.63) is 58.8 Å². The van der Waals surface area contributed by atoms with E-state index >= 15 is 0 Å². The van der Waals surface area contributed by atoms with Crippen molar-refractivity contribution in [2.24, 2.45) is 0 Å². The van der Waals surface area contributed by atoms with Gasteiger partial charge in [0.1, 0.15) is 5.52 Å². The van der Waals surface area contributed by atoms with E-state index < -0.39 is 0 Å². The predicted molar refractivity (Wildman–Crippen MR) is 85.4 cm³/mol. The molecule has 0 saturated heterocycles. The van der Waals surface area contributed by atoms with Gasteiger partial charge in [0.15, 0.2) is 0 Å². The minimum absolute atomic E-state index is 0.656. The van der Waals surface area contributed by atoms with Gasteiger partial charge in [0.2, 0.25) is 0 Å². The Labute approximate surface area is 125 Å². The van der Waals surface area contributed by atoms with Gasteiger partial charge < -0.3 is 11.1 Å². The molecule has 3 N–H and O–H groups in total. The zero-order valence-electron chi connectivity index (χ0n) is 10.7. The van der Waals surface area contributed by atoms with Crippen LogP contribution in [0.5, 0.6) is 0 Å². The van der Waals surface area contributed by atoms with Crippen molar-refractivity contribution in [3.8, 4) is 0 Å². The van der Waals surface area contributed by atoms with Crippen LogP contribution in [-0.2, 0) is 6.54 Å². The van der Waals surface area contributed by atoms with Crippen LogP contribution in [0.2, 0.25) is 0 Å². The van der Waals surface area contributed by atoms with Crippen LogP contribution in [0, 0.1) is 0 Å². The minimum Gasteiger partial charge on any atom is -0.398 e. The first-order chi connectivity index (χ1) is 9.74. The molecule has 1 aromatic carbocycles. The molecule has 5 heteroatoms. The van der Waals surface area contributed by atoms with Crippen LogP contribution in [0.1, 0.15) is 5.56 Å². The molecule has 100 valence electrons. The number of nitrogens with one attached hydrogen (secondary N) is 1. The number of nitrogen functional groups attached to an aromatic ring is 1. The van der Waals surface area contributed by atoms with Gasteiger partial charge >= 0.3 is 0 Å². The first kappa shape index (κ1) is 12.9. The molecule has 4 nitrogen and oxygen atoms in total. The molecule has 2 aromatic heterocycles. The lowest BCUT2D eigenvalue weighted by molar-refractivity contribution is 1.15. The second kappa shape index (κ2) is 5.46. The largest absolute Gasteiger partial charge is 0.398 e. The Morgan fingerprint density at radius 1 is 1.15 bits per heavy atom. The van der Waals surface area contributed by atoms with Gasteiger partial charge in [0.05, 0.1) is 11.2 Å². The fourth-order valence-corrected chi connectivity index (χ4v) is 2.35.